The Morgan fingerprint density at radius 2 is 1.58 bits per heavy atom. The topological polar surface area (TPSA) is 46.2 Å². The number of benzene rings is 2. The minimum atomic E-state index is -0.416. The summed E-state index contributed by atoms with van der Waals surface area (Å²) in [5.74, 6) is -1.04. The van der Waals surface area contributed by atoms with Crippen LogP contribution < -0.4 is 5.32 Å². The third-order valence-corrected chi connectivity index (χ3v) is 2.54. The van der Waals surface area contributed by atoms with Crippen LogP contribution in [-0.4, -0.2) is 11.7 Å². The number of amides is 1. The Balaban J connectivity index is 1.95. The molecule has 0 unspecified atom stereocenters. The summed E-state index contributed by atoms with van der Waals surface area (Å²) in [4.78, 5) is 23.4. The quantitative estimate of drug-likeness (QED) is 0.676. The van der Waals surface area contributed by atoms with E-state index in [1.165, 1.54) is 24.3 Å². The number of halogens is 1. The number of nitrogens with one attached hydrogen (secondary N) is 1. The van der Waals surface area contributed by atoms with Crippen LogP contribution in [-0.2, 0) is 4.79 Å². The molecule has 0 aromatic heterocycles. The van der Waals surface area contributed by atoms with Crippen molar-refractivity contribution in [2.75, 3.05) is 5.32 Å². The van der Waals surface area contributed by atoms with Gasteiger partial charge < -0.3 is 5.32 Å². The molecule has 0 heterocycles. The molecule has 0 fully saturated rings. The first kappa shape index (κ1) is 13.0. The van der Waals surface area contributed by atoms with Gasteiger partial charge in [0.25, 0.3) is 0 Å². The van der Waals surface area contributed by atoms with Crippen LogP contribution >= 0.6 is 0 Å². The zero-order chi connectivity index (χ0) is 13.7. The molecule has 0 saturated carbocycles. The van der Waals surface area contributed by atoms with E-state index in [1.807, 2.05) is 0 Å². The van der Waals surface area contributed by atoms with Crippen molar-refractivity contribution in [1.29, 1.82) is 0 Å². The number of rotatable bonds is 4. The molecule has 4 heteroatoms. The highest BCUT2D eigenvalue weighted by Crippen LogP contribution is 2.10. The summed E-state index contributed by atoms with van der Waals surface area (Å²) in [6.45, 7) is 0. The molecule has 0 aliphatic carbocycles. The maximum absolute atomic E-state index is 12.7. The Labute approximate surface area is 110 Å². The van der Waals surface area contributed by atoms with E-state index in [-0.39, 0.29) is 18.0 Å². The number of Topliss-reactive ketones (excluding diaryl/α,β-unsaturated/α-hetero) is 1. The van der Waals surface area contributed by atoms with Crippen LogP contribution in [0.25, 0.3) is 0 Å². The molecule has 0 aliphatic rings. The molecule has 96 valence electrons. The average molecular weight is 257 g/mol. The van der Waals surface area contributed by atoms with Crippen LogP contribution in [0.15, 0.2) is 54.6 Å². The fraction of sp³-hybridized carbons (Fsp3) is 0.0667. The average Bonchev–Trinajstić information content (AvgIpc) is 2.42. The van der Waals surface area contributed by atoms with Crippen LogP contribution in [0, 0.1) is 5.82 Å². The molecule has 2 rings (SSSR count). The third kappa shape index (κ3) is 3.74. The molecule has 0 spiro atoms. The van der Waals surface area contributed by atoms with Crippen molar-refractivity contribution in [3.05, 3.63) is 66.0 Å². The van der Waals surface area contributed by atoms with Crippen molar-refractivity contribution < 1.29 is 14.0 Å². The third-order valence-electron chi connectivity index (χ3n) is 2.54. The van der Waals surface area contributed by atoms with E-state index in [0.29, 0.717) is 11.3 Å². The van der Waals surface area contributed by atoms with E-state index in [2.05, 4.69) is 5.32 Å². The first-order chi connectivity index (χ1) is 9.15. The summed E-state index contributed by atoms with van der Waals surface area (Å²) < 4.78 is 12.7. The van der Waals surface area contributed by atoms with E-state index in [0.717, 1.165) is 0 Å². The van der Waals surface area contributed by atoms with Crippen molar-refractivity contribution in [1.82, 2.24) is 0 Å². The number of hydrogen-bond donors (Lipinski definition) is 1. The first-order valence-electron chi connectivity index (χ1n) is 5.79. The van der Waals surface area contributed by atoms with Crippen LogP contribution in [0.5, 0.6) is 0 Å². The van der Waals surface area contributed by atoms with E-state index >= 15 is 0 Å². The highest BCUT2D eigenvalue weighted by molar-refractivity contribution is 6.10. The van der Waals surface area contributed by atoms with Gasteiger partial charge in [0.15, 0.2) is 5.78 Å². The number of carbonyl (C=O) groups excluding carboxylic acids is 2. The molecule has 19 heavy (non-hydrogen) atoms. The Morgan fingerprint density at radius 3 is 2.21 bits per heavy atom. The fourth-order valence-corrected chi connectivity index (χ4v) is 1.61. The van der Waals surface area contributed by atoms with Crippen molar-refractivity contribution in [2.45, 2.75) is 6.42 Å². The lowest BCUT2D eigenvalue weighted by Gasteiger charge is -2.04. The lowest BCUT2D eigenvalue weighted by Crippen LogP contribution is -2.16. The summed E-state index contributed by atoms with van der Waals surface area (Å²) in [5.41, 5.74) is 0.962. The largest absolute Gasteiger partial charge is 0.326 e. The standard InChI is InChI=1S/C15H12FNO2/c16-12-6-8-13(9-7-12)17-15(19)10-14(18)11-4-2-1-3-5-11/h1-9H,10H2,(H,17,19). The van der Waals surface area contributed by atoms with E-state index in [4.69, 9.17) is 0 Å². The Hall–Kier alpha value is -2.49. The predicted octanol–water partition coefficient (Wildman–Crippen LogP) is 3.04. The van der Waals surface area contributed by atoms with Gasteiger partial charge in [0.2, 0.25) is 5.91 Å². The molecule has 2 aromatic rings. The monoisotopic (exact) mass is 257 g/mol. The number of hydrogen-bond acceptors (Lipinski definition) is 2. The predicted molar refractivity (Wildman–Crippen MR) is 70.4 cm³/mol. The van der Waals surface area contributed by atoms with Crippen LogP contribution in [0.3, 0.4) is 0 Å². The van der Waals surface area contributed by atoms with Gasteiger partial charge in [-0.3, -0.25) is 9.59 Å². The normalized spacial score (nSPS) is 9.95. The van der Waals surface area contributed by atoms with Gasteiger partial charge in [0.1, 0.15) is 5.82 Å². The molecule has 1 N–H and O–H groups in total. The summed E-state index contributed by atoms with van der Waals surface area (Å²) in [5, 5.41) is 2.54. The number of anilines is 1. The highest BCUT2D eigenvalue weighted by atomic mass is 19.1. The van der Waals surface area contributed by atoms with Gasteiger partial charge in [0, 0.05) is 11.3 Å². The number of carbonyl (C=O) groups is 2. The van der Waals surface area contributed by atoms with Crippen LogP contribution in [0.1, 0.15) is 16.8 Å². The summed E-state index contributed by atoms with van der Waals surface area (Å²) in [7, 11) is 0. The maximum Gasteiger partial charge on any atom is 0.232 e. The van der Waals surface area contributed by atoms with Gasteiger partial charge in [-0.15, -0.1) is 0 Å². The summed E-state index contributed by atoms with van der Waals surface area (Å²) in [6, 6.07) is 14.0. The van der Waals surface area contributed by atoms with Crippen molar-refractivity contribution >= 4 is 17.4 Å². The molecule has 3 nitrogen and oxygen atoms in total. The van der Waals surface area contributed by atoms with Gasteiger partial charge in [-0.2, -0.15) is 0 Å². The molecule has 0 aliphatic heterocycles. The second-order valence-corrected chi connectivity index (χ2v) is 4.02. The first-order valence-corrected chi connectivity index (χ1v) is 5.79. The summed E-state index contributed by atoms with van der Waals surface area (Å²) in [6.07, 6.45) is -0.235. The number of ketones is 1. The van der Waals surface area contributed by atoms with E-state index in [1.54, 1.807) is 30.3 Å². The zero-order valence-corrected chi connectivity index (χ0v) is 10.1. The molecule has 1 amide bonds. The van der Waals surface area contributed by atoms with Crippen molar-refractivity contribution in [3.63, 3.8) is 0 Å². The maximum atomic E-state index is 12.7. The Kier molecular flexibility index (Phi) is 4.03. The molecule has 0 radical (unpaired) electrons. The Bertz CT molecular complexity index is 579. The van der Waals surface area contributed by atoms with Crippen LogP contribution in [0.2, 0.25) is 0 Å². The lowest BCUT2D eigenvalue weighted by molar-refractivity contribution is -0.115. The van der Waals surface area contributed by atoms with Gasteiger partial charge in [-0.25, -0.2) is 4.39 Å². The van der Waals surface area contributed by atoms with Gasteiger partial charge in [-0.1, -0.05) is 30.3 Å². The summed E-state index contributed by atoms with van der Waals surface area (Å²) >= 11 is 0. The SMILES string of the molecule is O=C(CC(=O)c1ccccc1)Nc1ccc(F)cc1. The Morgan fingerprint density at radius 1 is 0.947 bits per heavy atom. The fourth-order valence-electron chi connectivity index (χ4n) is 1.61. The van der Waals surface area contributed by atoms with Gasteiger partial charge in [-0.05, 0) is 24.3 Å². The second kappa shape index (κ2) is 5.91. The van der Waals surface area contributed by atoms with E-state index < -0.39 is 5.91 Å². The molecular formula is C15H12FNO2. The lowest BCUT2D eigenvalue weighted by atomic mass is 10.1. The minimum Gasteiger partial charge on any atom is -0.326 e. The zero-order valence-electron chi connectivity index (χ0n) is 10.1. The smallest absolute Gasteiger partial charge is 0.232 e. The second-order valence-electron chi connectivity index (χ2n) is 4.02. The molecule has 0 atom stereocenters. The van der Waals surface area contributed by atoms with Gasteiger partial charge >= 0.3 is 0 Å². The van der Waals surface area contributed by atoms with Crippen molar-refractivity contribution in [3.8, 4) is 0 Å². The molecule has 0 bridgehead atoms. The van der Waals surface area contributed by atoms with Crippen LogP contribution in [0.4, 0.5) is 10.1 Å². The minimum absolute atomic E-state index is 0.235. The van der Waals surface area contributed by atoms with Gasteiger partial charge in [0.05, 0.1) is 6.42 Å². The molecular weight excluding hydrogens is 245 g/mol. The molecule has 2 aromatic carbocycles. The van der Waals surface area contributed by atoms with E-state index in [9.17, 15) is 14.0 Å². The highest BCUT2D eigenvalue weighted by Gasteiger charge is 2.11. The molecule has 0 saturated heterocycles. The van der Waals surface area contributed by atoms with Crippen molar-refractivity contribution in [2.24, 2.45) is 0 Å².